The quantitative estimate of drug-likeness (QED) is 0.317. The number of hydrogen-bond donors (Lipinski definition) is 1. The van der Waals surface area contributed by atoms with Crippen LogP contribution in [0, 0.1) is 13.8 Å². The highest BCUT2D eigenvalue weighted by Gasteiger charge is 2.15. The van der Waals surface area contributed by atoms with Crippen LogP contribution in [0.15, 0.2) is 102 Å². The Bertz CT molecular complexity index is 1600. The number of rotatable bonds is 7. The average Bonchev–Trinajstić information content (AvgIpc) is 3.23. The van der Waals surface area contributed by atoms with Crippen molar-refractivity contribution in [2.75, 3.05) is 4.72 Å². The van der Waals surface area contributed by atoms with E-state index in [4.69, 9.17) is 4.74 Å². The summed E-state index contributed by atoms with van der Waals surface area (Å²) >= 11 is 0. The van der Waals surface area contributed by atoms with Crippen molar-refractivity contribution in [3.05, 3.63) is 109 Å². The molecule has 36 heavy (non-hydrogen) atoms. The minimum atomic E-state index is -3.74. The van der Waals surface area contributed by atoms with Crippen LogP contribution in [0.4, 0.5) is 5.69 Å². The van der Waals surface area contributed by atoms with E-state index in [0.717, 1.165) is 22.5 Å². The number of aromatic nitrogens is 4. The molecule has 9 heteroatoms. The highest BCUT2D eigenvalue weighted by atomic mass is 32.2. The second kappa shape index (κ2) is 9.63. The zero-order valence-corrected chi connectivity index (χ0v) is 20.5. The Balaban J connectivity index is 1.27. The van der Waals surface area contributed by atoms with E-state index in [0.29, 0.717) is 23.1 Å². The van der Waals surface area contributed by atoms with Crippen molar-refractivity contribution in [1.82, 2.24) is 19.7 Å². The second-order valence-corrected chi connectivity index (χ2v) is 9.86. The first-order valence-corrected chi connectivity index (χ1v) is 12.7. The topological polar surface area (TPSA) is 99.0 Å². The first-order chi connectivity index (χ1) is 17.4. The molecule has 0 amide bonds. The van der Waals surface area contributed by atoms with Crippen LogP contribution < -0.4 is 9.46 Å². The van der Waals surface area contributed by atoms with Crippen molar-refractivity contribution in [3.63, 3.8) is 0 Å². The smallest absolute Gasteiger partial charge is 0.261 e. The molecule has 0 aliphatic carbocycles. The molecule has 8 nitrogen and oxygen atoms in total. The van der Waals surface area contributed by atoms with Gasteiger partial charge in [0.2, 0.25) is 5.88 Å². The summed E-state index contributed by atoms with van der Waals surface area (Å²) in [5, 5.41) is 4.43. The average molecular weight is 498 g/mol. The van der Waals surface area contributed by atoms with Gasteiger partial charge in [-0.2, -0.15) is 5.10 Å². The molecular formula is C27H23N5O3S. The number of nitrogens with one attached hydrogen (secondary N) is 1. The molecule has 0 aliphatic rings. The Hall–Kier alpha value is -4.50. The SMILES string of the molecule is Cc1cc(C)n(-c2cc(Oc3ccc(NS(=O)(=O)c4ccc(-c5ccccc5)cc4)cc3)ncn2)n1. The summed E-state index contributed by atoms with van der Waals surface area (Å²) in [6, 6.07) is 26.8. The van der Waals surface area contributed by atoms with E-state index < -0.39 is 10.0 Å². The van der Waals surface area contributed by atoms with Crippen LogP contribution in [-0.2, 0) is 10.0 Å². The minimum absolute atomic E-state index is 0.181. The molecule has 0 saturated carbocycles. The molecule has 0 bridgehead atoms. The maximum Gasteiger partial charge on any atom is 0.261 e. The van der Waals surface area contributed by atoms with Crippen molar-refractivity contribution in [3.8, 4) is 28.6 Å². The molecule has 3 aromatic carbocycles. The van der Waals surface area contributed by atoms with Crippen molar-refractivity contribution in [2.45, 2.75) is 18.7 Å². The number of nitrogens with zero attached hydrogens (tertiary/aromatic N) is 4. The van der Waals surface area contributed by atoms with E-state index in [1.54, 1.807) is 59.3 Å². The van der Waals surface area contributed by atoms with Gasteiger partial charge in [0.1, 0.15) is 12.1 Å². The predicted molar refractivity (Wildman–Crippen MR) is 138 cm³/mol. The molecule has 0 spiro atoms. The third-order valence-corrected chi connectivity index (χ3v) is 6.85. The summed E-state index contributed by atoms with van der Waals surface area (Å²) in [7, 11) is -3.74. The Morgan fingerprint density at radius 2 is 1.50 bits per heavy atom. The Kier molecular flexibility index (Phi) is 6.22. The van der Waals surface area contributed by atoms with E-state index in [1.807, 2.05) is 50.2 Å². The summed E-state index contributed by atoms with van der Waals surface area (Å²) in [5.74, 6) is 1.44. The Labute approximate surface area is 209 Å². The lowest BCUT2D eigenvalue weighted by Gasteiger charge is -2.10. The fraction of sp³-hybridized carbons (Fsp3) is 0.0741. The molecule has 0 fully saturated rings. The van der Waals surface area contributed by atoms with Crippen LogP contribution in [0.2, 0.25) is 0 Å². The van der Waals surface area contributed by atoms with Crippen molar-refractivity contribution >= 4 is 15.7 Å². The molecule has 1 N–H and O–H groups in total. The van der Waals surface area contributed by atoms with Crippen LogP contribution in [-0.4, -0.2) is 28.2 Å². The Morgan fingerprint density at radius 3 is 2.17 bits per heavy atom. The summed E-state index contributed by atoms with van der Waals surface area (Å²) in [6.07, 6.45) is 1.41. The second-order valence-electron chi connectivity index (χ2n) is 8.18. The maximum atomic E-state index is 12.9. The van der Waals surface area contributed by atoms with Gasteiger partial charge >= 0.3 is 0 Å². The van der Waals surface area contributed by atoms with Crippen molar-refractivity contribution in [1.29, 1.82) is 0 Å². The highest BCUT2D eigenvalue weighted by Crippen LogP contribution is 2.25. The number of aryl methyl sites for hydroxylation is 2. The van der Waals surface area contributed by atoms with Gasteiger partial charge in [-0.15, -0.1) is 0 Å². The van der Waals surface area contributed by atoms with Gasteiger partial charge in [-0.1, -0.05) is 42.5 Å². The first kappa shape index (κ1) is 23.3. The van der Waals surface area contributed by atoms with Gasteiger partial charge in [0.05, 0.1) is 10.6 Å². The summed E-state index contributed by atoms with van der Waals surface area (Å²) in [5.41, 5.74) is 4.22. The van der Waals surface area contributed by atoms with Crippen molar-refractivity contribution < 1.29 is 13.2 Å². The van der Waals surface area contributed by atoms with Crippen molar-refractivity contribution in [2.24, 2.45) is 0 Å². The van der Waals surface area contributed by atoms with E-state index in [9.17, 15) is 8.42 Å². The number of sulfonamides is 1. The van der Waals surface area contributed by atoms with Crippen LogP contribution >= 0.6 is 0 Å². The third kappa shape index (κ3) is 5.11. The van der Waals surface area contributed by atoms with Gasteiger partial charge in [0.15, 0.2) is 5.82 Å². The molecule has 180 valence electrons. The van der Waals surface area contributed by atoms with Crippen LogP contribution in [0.3, 0.4) is 0 Å². The number of hydrogen-bond acceptors (Lipinski definition) is 6. The van der Waals surface area contributed by atoms with E-state index in [1.165, 1.54) is 6.33 Å². The van der Waals surface area contributed by atoms with Gasteiger partial charge in [0, 0.05) is 17.4 Å². The fourth-order valence-corrected chi connectivity index (χ4v) is 4.80. The molecular weight excluding hydrogens is 474 g/mol. The fourth-order valence-electron chi connectivity index (χ4n) is 3.75. The lowest BCUT2D eigenvalue weighted by atomic mass is 10.1. The first-order valence-electron chi connectivity index (χ1n) is 11.2. The highest BCUT2D eigenvalue weighted by molar-refractivity contribution is 7.92. The molecule has 2 heterocycles. The van der Waals surface area contributed by atoms with Crippen LogP contribution in [0.25, 0.3) is 16.9 Å². The minimum Gasteiger partial charge on any atom is -0.439 e. The van der Waals surface area contributed by atoms with Gasteiger partial charge in [-0.3, -0.25) is 4.72 Å². The van der Waals surface area contributed by atoms with Crippen LogP contribution in [0.1, 0.15) is 11.4 Å². The molecule has 0 saturated heterocycles. The molecule has 0 aliphatic heterocycles. The molecule has 0 radical (unpaired) electrons. The normalized spacial score (nSPS) is 11.3. The summed E-state index contributed by atoms with van der Waals surface area (Å²) in [6.45, 7) is 3.86. The van der Waals surface area contributed by atoms with E-state index in [2.05, 4.69) is 19.8 Å². The van der Waals surface area contributed by atoms with Gasteiger partial charge < -0.3 is 4.74 Å². The number of anilines is 1. The van der Waals surface area contributed by atoms with Gasteiger partial charge in [-0.25, -0.2) is 23.1 Å². The molecule has 0 atom stereocenters. The number of ether oxygens (including phenoxy) is 1. The van der Waals surface area contributed by atoms with E-state index in [-0.39, 0.29) is 4.90 Å². The molecule has 2 aromatic heterocycles. The summed E-state index contributed by atoms with van der Waals surface area (Å²) in [4.78, 5) is 8.61. The van der Waals surface area contributed by atoms with Gasteiger partial charge in [-0.05, 0) is 67.4 Å². The number of benzene rings is 3. The van der Waals surface area contributed by atoms with Crippen LogP contribution in [0.5, 0.6) is 11.6 Å². The molecule has 5 rings (SSSR count). The standard InChI is InChI=1S/C27H23N5O3S/c1-19-16-20(2)32(30-19)26-17-27(29-18-28-26)35-24-12-10-23(11-13-24)31-36(33,34)25-14-8-22(9-15-25)21-6-4-3-5-7-21/h3-18,31H,1-2H3. The summed E-state index contributed by atoms with van der Waals surface area (Å²) < 4.78 is 35.9. The predicted octanol–water partition coefficient (Wildman–Crippen LogP) is 5.54. The third-order valence-electron chi connectivity index (χ3n) is 5.45. The maximum absolute atomic E-state index is 12.9. The molecule has 5 aromatic rings. The largest absolute Gasteiger partial charge is 0.439 e. The zero-order valence-electron chi connectivity index (χ0n) is 19.7. The lowest BCUT2D eigenvalue weighted by molar-refractivity contribution is 0.460. The van der Waals surface area contributed by atoms with Gasteiger partial charge in [0.25, 0.3) is 10.0 Å². The Morgan fingerprint density at radius 1 is 0.806 bits per heavy atom. The van der Waals surface area contributed by atoms with E-state index >= 15 is 0 Å². The lowest BCUT2D eigenvalue weighted by Crippen LogP contribution is -2.12. The monoisotopic (exact) mass is 497 g/mol. The molecule has 0 unspecified atom stereocenters. The zero-order chi connectivity index (χ0) is 25.1.